The molecule has 0 aromatic carbocycles. The van der Waals surface area contributed by atoms with Gasteiger partial charge in [-0.15, -0.1) is 0 Å². The van der Waals surface area contributed by atoms with Crippen LogP contribution in [-0.2, 0) is 13.0 Å². The third-order valence-electron chi connectivity index (χ3n) is 3.46. The highest BCUT2D eigenvalue weighted by Crippen LogP contribution is 2.16. The van der Waals surface area contributed by atoms with Crippen LogP contribution in [0.3, 0.4) is 0 Å². The number of rotatable bonds is 5. The van der Waals surface area contributed by atoms with Crippen LogP contribution in [0.15, 0.2) is 6.33 Å². The Morgan fingerprint density at radius 1 is 1.50 bits per heavy atom. The lowest BCUT2D eigenvalue weighted by Crippen LogP contribution is -2.54. The van der Waals surface area contributed by atoms with E-state index in [0.717, 1.165) is 18.8 Å². The van der Waals surface area contributed by atoms with Gasteiger partial charge < -0.3 is 10.6 Å². The second kappa shape index (κ2) is 4.93. The molecule has 5 heteroatoms. The monoisotopic (exact) mass is 225 g/mol. The number of hydrogen-bond donors (Lipinski definition) is 1. The number of nitrogens with zero attached hydrogens (tertiary/aromatic N) is 4. The van der Waals surface area contributed by atoms with Gasteiger partial charge in [0.2, 0.25) is 0 Å². The zero-order valence-corrected chi connectivity index (χ0v) is 10.9. The molecule has 92 valence electrons. The molecule has 5 nitrogen and oxygen atoms in total. The normalized spacial score (nSPS) is 14.4. The lowest BCUT2D eigenvalue weighted by molar-refractivity contribution is 0.156. The van der Waals surface area contributed by atoms with Crippen LogP contribution < -0.4 is 5.73 Å². The van der Waals surface area contributed by atoms with Gasteiger partial charge in [0.1, 0.15) is 12.2 Å². The van der Waals surface area contributed by atoms with E-state index in [1.54, 1.807) is 6.33 Å². The summed E-state index contributed by atoms with van der Waals surface area (Å²) in [5.74, 6) is 0.963. The van der Waals surface area contributed by atoms with Crippen LogP contribution in [0.4, 0.5) is 0 Å². The van der Waals surface area contributed by atoms with Gasteiger partial charge in [0.15, 0.2) is 0 Å². The fraction of sp³-hybridized carbons (Fsp3) is 0.818. The zero-order valence-electron chi connectivity index (χ0n) is 10.9. The van der Waals surface area contributed by atoms with E-state index >= 15 is 0 Å². The Hall–Kier alpha value is -0.940. The highest BCUT2D eigenvalue weighted by atomic mass is 15.3. The van der Waals surface area contributed by atoms with Crippen LogP contribution in [0, 0.1) is 0 Å². The van der Waals surface area contributed by atoms with Gasteiger partial charge in [-0.2, -0.15) is 5.10 Å². The van der Waals surface area contributed by atoms with Gasteiger partial charge in [0.25, 0.3) is 0 Å². The summed E-state index contributed by atoms with van der Waals surface area (Å²) >= 11 is 0. The molecule has 1 aromatic heterocycles. The molecule has 1 aromatic rings. The van der Waals surface area contributed by atoms with Gasteiger partial charge in [-0.3, -0.25) is 4.68 Å². The maximum atomic E-state index is 6.24. The first-order chi connectivity index (χ1) is 7.39. The smallest absolute Gasteiger partial charge is 0.138 e. The number of aromatic nitrogens is 3. The summed E-state index contributed by atoms with van der Waals surface area (Å²) in [7, 11) is 4.09. The Morgan fingerprint density at radius 2 is 2.12 bits per heavy atom. The van der Waals surface area contributed by atoms with Crippen molar-refractivity contribution in [2.24, 2.45) is 5.73 Å². The quantitative estimate of drug-likeness (QED) is 0.793. The van der Waals surface area contributed by atoms with Crippen LogP contribution in [0.5, 0.6) is 0 Å². The topological polar surface area (TPSA) is 60.0 Å². The van der Waals surface area contributed by atoms with Crippen LogP contribution in [0.2, 0.25) is 0 Å². The summed E-state index contributed by atoms with van der Waals surface area (Å²) < 4.78 is 1.89. The lowest BCUT2D eigenvalue weighted by atomic mass is 9.91. The van der Waals surface area contributed by atoms with E-state index in [0.29, 0.717) is 0 Å². The van der Waals surface area contributed by atoms with Gasteiger partial charge >= 0.3 is 0 Å². The van der Waals surface area contributed by atoms with Gasteiger partial charge in [-0.05, 0) is 34.9 Å². The molecule has 1 heterocycles. The molecule has 0 aliphatic rings. The van der Waals surface area contributed by atoms with E-state index in [2.05, 4.69) is 35.8 Å². The van der Waals surface area contributed by atoms with Crippen LogP contribution in [-0.4, -0.2) is 45.3 Å². The Bertz CT molecular complexity index is 329. The molecule has 0 aliphatic carbocycles. The summed E-state index contributed by atoms with van der Waals surface area (Å²) in [6.07, 6.45) is 2.34. The van der Waals surface area contributed by atoms with Crippen molar-refractivity contribution in [3.8, 4) is 0 Å². The molecule has 1 rings (SSSR count). The van der Waals surface area contributed by atoms with Crippen molar-refractivity contribution in [3.63, 3.8) is 0 Å². The average Bonchev–Trinajstić information content (AvgIpc) is 2.64. The van der Waals surface area contributed by atoms with E-state index in [4.69, 9.17) is 5.73 Å². The van der Waals surface area contributed by atoms with E-state index in [-0.39, 0.29) is 11.6 Å². The molecule has 0 aliphatic heterocycles. The van der Waals surface area contributed by atoms with E-state index in [1.165, 1.54) is 0 Å². The van der Waals surface area contributed by atoms with E-state index < -0.39 is 0 Å². The van der Waals surface area contributed by atoms with Crippen LogP contribution in [0.1, 0.15) is 26.6 Å². The predicted molar refractivity (Wildman–Crippen MR) is 65.1 cm³/mol. The zero-order chi connectivity index (χ0) is 12.3. The highest BCUT2D eigenvalue weighted by Gasteiger charge is 2.29. The maximum absolute atomic E-state index is 6.24. The van der Waals surface area contributed by atoms with Gasteiger partial charge in [0, 0.05) is 24.5 Å². The van der Waals surface area contributed by atoms with Crippen molar-refractivity contribution in [1.29, 1.82) is 0 Å². The first kappa shape index (κ1) is 13.1. The summed E-state index contributed by atoms with van der Waals surface area (Å²) in [6.45, 7) is 7.18. The minimum atomic E-state index is -0.0511. The molecule has 0 amide bonds. The third-order valence-corrected chi connectivity index (χ3v) is 3.46. The minimum absolute atomic E-state index is 0.0389. The molecule has 0 bridgehead atoms. The molecule has 0 spiro atoms. The Labute approximate surface area is 97.6 Å². The molecule has 1 unspecified atom stereocenters. The molecule has 0 radical (unpaired) electrons. The molecule has 16 heavy (non-hydrogen) atoms. The molecule has 1 atom stereocenters. The lowest BCUT2D eigenvalue weighted by Gasteiger charge is -2.37. The molecule has 0 saturated heterocycles. The average molecular weight is 225 g/mol. The Balaban J connectivity index is 2.75. The second-order valence-electron chi connectivity index (χ2n) is 4.85. The maximum Gasteiger partial charge on any atom is 0.138 e. The molecular weight excluding hydrogens is 202 g/mol. The third kappa shape index (κ3) is 2.59. The Kier molecular flexibility index (Phi) is 4.04. The number of aryl methyl sites for hydroxylation is 1. The number of hydrogen-bond acceptors (Lipinski definition) is 4. The van der Waals surface area contributed by atoms with Crippen molar-refractivity contribution in [2.75, 3.05) is 14.1 Å². The summed E-state index contributed by atoms with van der Waals surface area (Å²) in [5.41, 5.74) is 6.19. The van der Waals surface area contributed by atoms with Crippen molar-refractivity contribution in [2.45, 2.75) is 45.3 Å². The van der Waals surface area contributed by atoms with Crippen molar-refractivity contribution >= 4 is 0 Å². The van der Waals surface area contributed by atoms with E-state index in [1.807, 2.05) is 18.8 Å². The fourth-order valence-corrected chi connectivity index (χ4v) is 1.49. The molecular formula is C11H23N5. The van der Waals surface area contributed by atoms with Crippen LogP contribution in [0.25, 0.3) is 0 Å². The van der Waals surface area contributed by atoms with Gasteiger partial charge in [-0.25, -0.2) is 4.98 Å². The Morgan fingerprint density at radius 3 is 2.62 bits per heavy atom. The molecule has 0 saturated carbocycles. The largest absolute Gasteiger partial charge is 0.326 e. The first-order valence-corrected chi connectivity index (χ1v) is 5.69. The van der Waals surface area contributed by atoms with Gasteiger partial charge in [0.05, 0.1) is 0 Å². The molecule has 2 N–H and O–H groups in total. The summed E-state index contributed by atoms with van der Waals surface area (Å²) in [4.78, 5) is 6.40. The summed E-state index contributed by atoms with van der Waals surface area (Å²) in [6, 6.07) is 0.0389. The van der Waals surface area contributed by atoms with E-state index in [9.17, 15) is 0 Å². The van der Waals surface area contributed by atoms with Crippen LogP contribution >= 0.6 is 0 Å². The SMILES string of the molecule is CCn1ncnc1CC(N)C(C)(C)N(C)C. The second-order valence-corrected chi connectivity index (χ2v) is 4.85. The first-order valence-electron chi connectivity index (χ1n) is 5.69. The number of nitrogens with two attached hydrogens (primary N) is 1. The number of likely N-dealkylation sites (N-methyl/N-ethyl adjacent to an activating group) is 1. The fourth-order valence-electron chi connectivity index (χ4n) is 1.49. The minimum Gasteiger partial charge on any atom is -0.326 e. The van der Waals surface area contributed by atoms with Crippen molar-refractivity contribution in [1.82, 2.24) is 19.7 Å². The highest BCUT2D eigenvalue weighted by molar-refractivity contribution is 4.97. The van der Waals surface area contributed by atoms with Gasteiger partial charge in [-0.1, -0.05) is 0 Å². The molecule has 0 fully saturated rings. The van der Waals surface area contributed by atoms with Crippen molar-refractivity contribution < 1.29 is 0 Å². The predicted octanol–water partition coefficient (Wildman–Crippen LogP) is 0.508. The summed E-state index contributed by atoms with van der Waals surface area (Å²) in [5, 5.41) is 4.15. The van der Waals surface area contributed by atoms with Crippen molar-refractivity contribution in [3.05, 3.63) is 12.2 Å². The standard InChI is InChI=1S/C11H23N5/c1-6-16-10(13-8-14-16)7-9(12)11(2,3)15(4)5/h8-9H,6-7,12H2,1-5H3.